The van der Waals surface area contributed by atoms with E-state index in [4.69, 9.17) is 0 Å². The molecule has 3 rings (SSSR count). The van der Waals surface area contributed by atoms with Crippen LogP contribution in [0.4, 0.5) is 5.82 Å². The number of nitrogens with one attached hydrogen (secondary N) is 1. The molecule has 0 radical (unpaired) electrons. The van der Waals surface area contributed by atoms with Gasteiger partial charge in [0.15, 0.2) is 5.82 Å². The first-order valence-electron chi connectivity index (χ1n) is 7.23. The molecule has 2 amide bonds. The molecule has 0 bridgehead atoms. The molecule has 7 nitrogen and oxygen atoms in total. The zero-order chi connectivity index (χ0) is 16.1. The molecule has 0 unspecified atom stereocenters. The summed E-state index contributed by atoms with van der Waals surface area (Å²) in [5, 5.41) is 8.40. The molecule has 0 fully saturated rings. The molecule has 1 aromatic heterocycles. The molecule has 2 heterocycles. The highest BCUT2D eigenvalue weighted by Gasteiger charge is 2.21. The molecule has 2 aromatic rings. The van der Waals surface area contributed by atoms with Crippen molar-refractivity contribution in [3.05, 3.63) is 42.1 Å². The lowest BCUT2D eigenvalue weighted by Crippen LogP contribution is -2.25. The number of amides is 2. The second-order valence-corrected chi connectivity index (χ2v) is 5.58. The second-order valence-electron chi connectivity index (χ2n) is 5.02. The van der Waals surface area contributed by atoms with Crippen molar-refractivity contribution in [2.24, 2.45) is 5.10 Å². The van der Waals surface area contributed by atoms with E-state index < -0.39 is 0 Å². The Balaban J connectivity index is 1.51. The van der Waals surface area contributed by atoms with Gasteiger partial charge < -0.3 is 5.32 Å². The third kappa shape index (κ3) is 3.98. The van der Waals surface area contributed by atoms with E-state index in [1.807, 2.05) is 30.3 Å². The van der Waals surface area contributed by atoms with E-state index in [2.05, 4.69) is 19.2 Å². The lowest BCUT2D eigenvalue weighted by atomic mass is 10.1. The van der Waals surface area contributed by atoms with Crippen LogP contribution in [0.1, 0.15) is 24.8 Å². The zero-order valence-corrected chi connectivity index (χ0v) is 13.1. The van der Waals surface area contributed by atoms with Crippen LogP contribution in [-0.2, 0) is 9.59 Å². The summed E-state index contributed by atoms with van der Waals surface area (Å²) in [6.07, 6.45) is 2.42. The first kappa shape index (κ1) is 15.3. The van der Waals surface area contributed by atoms with E-state index in [9.17, 15) is 9.59 Å². The topological polar surface area (TPSA) is 87.5 Å². The highest BCUT2D eigenvalue weighted by atomic mass is 32.1. The summed E-state index contributed by atoms with van der Waals surface area (Å²) in [5.41, 5.74) is 1.92. The monoisotopic (exact) mass is 329 g/mol. The van der Waals surface area contributed by atoms with E-state index in [1.54, 1.807) is 0 Å². The van der Waals surface area contributed by atoms with Gasteiger partial charge in [0.05, 0.1) is 30.2 Å². The van der Waals surface area contributed by atoms with Crippen molar-refractivity contribution in [3.63, 3.8) is 0 Å². The Morgan fingerprint density at radius 3 is 2.78 bits per heavy atom. The fraction of sp³-hybridized carbons (Fsp3) is 0.267. The van der Waals surface area contributed by atoms with E-state index in [0.29, 0.717) is 12.4 Å². The fourth-order valence-corrected chi connectivity index (χ4v) is 2.62. The van der Waals surface area contributed by atoms with Gasteiger partial charge in [-0.1, -0.05) is 30.3 Å². The Kier molecular flexibility index (Phi) is 4.72. The van der Waals surface area contributed by atoms with Gasteiger partial charge >= 0.3 is 0 Å². The standard InChI is InChI=1S/C15H15N5O2S/c21-14(17-13-10-16-23-19-13)6-7-15(22)20-9-8-12(18-20)11-4-2-1-3-5-11/h1-5,10H,6-9H2,(H,17,19,21). The molecule has 0 spiro atoms. The SMILES string of the molecule is O=C(CCC(=O)N1CCC(c2ccccc2)=N1)Nc1cnsn1. The predicted octanol–water partition coefficient (Wildman–Crippen LogP) is 1.89. The van der Waals surface area contributed by atoms with Crippen molar-refractivity contribution in [2.45, 2.75) is 19.3 Å². The Bertz CT molecular complexity index is 715. The minimum atomic E-state index is -0.252. The summed E-state index contributed by atoms with van der Waals surface area (Å²) in [5.74, 6) is 0.0120. The lowest BCUT2D eigenvalue weighted by molar-refractivity contribution is -0.132. The van der Waals surface area contributed by atoms with Crippen LogP contribution < -0.4 is 5.32 Å². The first-order valence-corrected chi connectivity index (χ1v) is 7.96. The summed E-state index contributed by atoms with van der Waals surface area (Å²) in [4.78, 5) is 23.9. The van der Waals surface area contributed by atoms with Gasteiger partial charge in [0.1, 0.15) is 0 Å². The van der Waals surface area contributed by atoms with Crippen LogP contribution in [0.3, 0.4) is 0 Å². The molecule has 0 saturated heterocycles. The van der Waals surface area contributed by atoms with Crippen LogP contribution in [0.15, 0.2) is 41.6 Å². The van der Waals surface area contributed by atoms with Crippen molar-refractivity contribution >= 4 is 35.1 Å². The molecule has 0 aliphatic carbocycles. The van der Waals surface area contributed by atoms with Gasteiger partial charge in [-0.3, -0.25) is 9.59 Å². The van der Waals surface area contributed by atoms with E-state index in [0.717, 1.165) is 29.4 Å². The molecular formula is C15H15N5O2S. The third-order valence-corrected chi connectivity index (χ3v) is 3.87. The van der Waals surface area contributed by atoms with Crippen LogP contribution in [0.2, 0.25) is 0 Å². The van der Waals surface area contributed by atoms with E-state index in [-0.39, 0.29) is 24.7 Å². The number of hydrogen-bond acceptors (Lipinski definition) is 6. The number of carbonyl (C=O) groups is 2. The largest absolute Gasteiger partial charge is 0.308 e. The van der Waals surface area contributed by atoms with Crippen molar-refractivity contribution < 1.29 is 9.59 Å². The van der Waals surface area contributed by atoms with E-state index >= 15 is 0 Å². The molecule has 1 aliphatic rings. The number of nitrogens with zero attached hydrogens (tertiary/aromatic N) is 4. The molecule has 0 saturated carbocycles. The quantitative estimate of drug-likeness (QED) is 0.907. The number of aromatic nitrogens is 2. The highest BCUT2D eigenvalue weighted by Crippen LogP contribution is 2.15. The molecule has 118 valence electrons. The number of benzene rings is 1. The summed E-state index contributed by atoms with van der Waals surface area (Å²) < 4.78 is 7.68. The predicted molar refractivity (Wildman–Crippen MR) is 87.1 cm³/mol. The molecule has 0 atom stereocenters. The van der Waals surface area contributed by atoms with Gasteiger partial charge in [0.2, 0.25) is 11.8 Å². The number of rotatable bonds is 5. The van der Waals surface area contributed by atoms with Gasteiger partial charge in [0, 0.05) is 19.3 Å². The maximum atomic E-state index is 12.1. The zero-order valence-electron chi connectivity index (χ0n) is 12.3. The molecule has 1 N–H and O–H groups in total. The Hall–Kier alpha value is -2.61. The number of hydrogen-bond donors (Lipinski definition) is 1. The normalized spacial score (nSPS) is 13.7. The number of carbonyl (C=O) groups excluding carboxylic acids is 2. The van der Waals surface area contributed by atoms with Gasteiger partial charge in [-0.2, -0.15) is 13.8 Å². The minimum Gasteiger partial charge on any atom is -0.308 e. The summed E-state index contributed by atoms with van der Waals surface area (Å²) in [6.45, 7) is 0.556. The summed E-state index contributed by atoms with van der Waals surface area (Å²) in [7, 11) is 0. The summed E-state index contributed by atoms with van der Waals surface area (Å²) >= 11 is 1.02. The molecule has 23 heavy (non-hydrogen) atoms. The molecule has 1 aliphatic heterocycles. The van der Waals surface area contributed by atoms with Crippen LogP contribution in [0, 0.1) is 0 Å². The van der Waals surface area contributed by atoms with Crippen LogP contribution in [-0.4, -0.2) is 37.8 Å². The Morgan fingerprint density at radius 2 is 2.04 bits per heavy atom. The molecule has 1 aromatic carbocycles. The van der Waals surface area contributed by atoms with Crippen molar-refractivity contribution in [3.8, 4) is 0 Å². The van der Waals surface area contributed by atoms with Gasteiger partial charge in [0.25, 0.3) is 0 Å². The van der Waals surface area contributed by atoms with Gasteiger partial charge in [-0.05, 0) is 5.56 Å². The van der Waals surface area contributed by atoms with Crippen LogP contribution in [0.5, 0.6) is 0 Å². The van der Waals surface area contributed by atoms with Crippen LogP contribution in [0.25, 0.3) is 0 Å². The van der Waals surface area contributed by atoms with Gasteiger partial charge in [-0.25, -0.2) is 5.01 Å². The van der Waals surface area contributed by atoms with Crippen LogP contribution >= 0.6 is 11.7 Å². The van der Waals surface area contributed by atoms with Gasteiger partial charge in [-0.15, -0.1) is 0 Å². The van der Waals surface area contributed by atoms with Crippen molar-refractivity contribution in [2.75, 3.05) is 11.9 Å². The fourth-order valence-electron chi connectivity index (χ4n) is 2.25. The Labute approximate surface area is 137 Å². The smallest absolute Gasteiger partial charge is 0.243 e. The first-order chi connectivity index (χ1) is 11.2. The minimum absolute atomic E-state index is 0.100. The third-order valence-electron chi connectivity index (χ3n) is 3.39. The molecule has 8 heteroatoms. The van der Waals surface area contributed by atoms with Crippen molar-refractivity contribution in [1.82, 2.24) is 13.8 Å². The lowest BCUT2D eigenvalue weighted by Gasteiger charge is -2.10. The maximum Gasteiger partial charge on any atom is 0.243 e. The maximum absolute atomic E-state index is 12.1. The average molecular weight is 329 g/mol. The number of anilines is 1. The highest BCUT2D eigenvalue weighted by molar-refractivity contribution is 6.99. The number of hydrazone groups is 1. The van der Waals surface area contributed by atoms with Crippen molar-refractivity contribution in [1.29, 1.82) is 0 Å². The van der Waals surface area contributed by atoms with E-state index in [1.165, 1.54) is 11.2 Å². The second kappa shape index (κ2) is 7.10. The average Bonchev–Trinajstić information content (AvgIpc) is 3.25. The Morgan fingerprint density at radius 1 is 1.22 bits per heavy atom. The summed E-state index contributed by atoms with van der Waals surface area (Å²) in [6, 6.07) is 9.78. The molecular weight excluding hydrogens is 314 g/mol.